The summed E-state index contributed by atoms with van der Waals surface area (Å²) in [5, 5.41) is 23.1. The van der Waals surface area contributed by atoms with Crippen LogP contribution in [-0.2, 0) is 51.2 Å². The van der Waals surface area contributed by atoms with Crippen LogP contribution in [0.1, 0.15) is 92.8 Å². The van der Waals surface area contributed by atoms with Gasteiger partial charge in [-0.3, -0.25) is 38.4 Å². The Morgan fingerprint density at radius 2 is 1.62 bits per heavy atom. The SMILES string of the molecule is CC[C@H](C)[C@@H]1NC(=O)[C@H](CC(N)=O)NC(=O)[C@@H](N)CC(=O)NCCCC[C@@H](C(N)=O)NC(=O)[C@H](Cc2c[nH]c3ccccc23)NC(=O)[C@@H]2C[C@H](n3cc(Cc4ccc(C)cc4C)nn3)CN2C1=O. The smallest absolute Gasteiger partial charge is 0.246 e. The maximum Gasteiger partial charge on any atom is 0.246 e. The number of H-pyrrole nitrogens is 1. The first kappa shape index (κ1) is 50.3. The van der Waals surface area contributed by atoms with Crippen LogP contribution < -0.4 is 43.8 Å². The topological polar surface area (TPSA) is 325 Å². The highest BCUT2D eigenvalue weighted by molar-refractivity contribution is 5.99. The van der Waals surface area contributed by atoms with Crippen molar-refractivity contribution in [1.82, 2.24) is 51.5 Å². The maximum atomic E-state index is 15.0. The van der Waals surface area contributed by atoms with Crippen LogP contribution in [0.3, 0.4) is 0 Å². The number of fused-ring (bicyclic) bond motifs is 2. The first-order valence-electron chi connectivity index (χ1n) is 23.1. The molecule has 6 rings (SSSR count). The number of para-hydroxylation sites is 1. The monoisotopic (exact) mass is 937 g/mol. The van der Waals surface area contributed by atoms with E-state index in [0.29, 0.717) is 36.9 Å². The highest BCUT2D eigenvalue weighted by atomic mass is 16.2. The van der Waals surface area contributed by atoms with Crippen LogP contribution >= 0.6 is 0 Å². The van der Waals surface area contributed by atoms with Crippen LogP contribution in [0.4, 0.5) is 0 Å². The lowest BCUT2D eigenvalue weighted by Crippen LogP contribution is -2.60. The Morgan fingerprint density at radius 1 is 0.882 bits per heavy atom. The van der Waals surface area contributed by atoms with E-state index in [2.05, 4.69) is 47.9 Å². The van der Waals surface area contributed by atoms with Crippen molar-refractivity contribution < 1.29 is 38.4 Å². The van der Waals surface area contributed by atoms with E-state index >= 15 is 4.79 Å². The zero-order chi connectivity index (χ0) is 49.2. The van der Waals surface area contributed by atoms with Gasteiger partial charge in [0.15, 0.2) is 0 Å². The summed E-state index contributed by atoms with van der Waals surface area (Å²) in [6.45, 7) is 7.62. The summed E-state index contributed by atoms with van der Waals surface area (Å²) in [5.74, 6) is -6.77. The maximum absolute atomic E-state index is 15.0. The van der Waals surface area contributed by atoms with Crippen LogP contribution in [0, 0.1) is 19.8 Å². The lowest BCUT2D eigenvalue weighted by Gasteiger charge is -2.33. The number of nitrogens with two attached hydrogens (primary N) is 3. The van der Waals surface area contributed by atoms with Crippen LogP contribution in [-0.4, -0.2) is 121 Å². The number of carbonyl (C=O) groups excluding carboxylic acids is 8. The third-order valence-electron chi connectivity index (χ3n) is 12.9. The van der Waals surface area contributed by atoms with E-state index in [1.54, 1.807) is 30.9 Å². The van der Waals surface area contributed by atoms with Crippen molar-refractivity contribution in [3.05, 3.63) is 82.8 Å². The van der Waals surface area contributed by atoms with Crippen LogP contribution in [0.5, 0.6) is 0 Å². The second kappa shape index (κ2) is 22.6. The number of aromatic nitrogens is 4. The zero-order valence-electron chi connectivity index (χ0n) is 38.9. The third kappa shape index (κ3) is 12.6. The van der Waals surface area contributed by atoms with Gasteiger partial charge in [0.25, 0.3) is 0 Å². The molecule has 0 spiro atoms. The Labute approximate surface area is 393 Å². The second-order valence-electron chi connectivity index (χ2n) is 18.0. The molecule has 2 aliphatic rings. The number of hydrogen-bond acceptors (Lipinski definition) is 11. The summed E-state index contributed by atoms with van der Waals surface area (Å²) in [5.41, 5.74) is 22.8. The lowest BCUT2D eigenvalue weighted by molar-refractivity contribution is -0.143. The van der Waals surface area contributed by atoms with Crippen molar-refractivity contribution in [2.75, 3.05) is 13.1 Å². The number of nitrogens with one attached hydrogen (secondary N) is 6. The molecule has 2 fully saturated rings. The molecule has 2 aromatic heterocycles. The Kier molecular flexibility index (Phi) is 16.7. The van der Waals surface area contributed by atoms with Gasteiger partial charge in [0.2, 0.25) is 47.3 Å². The number of benzene rings is 2. The van der Waals surface area contributed by atoms with E-state index in [0.717, 1.165) is 27.6 Å². The van der Waals surface area contributed by atoms with E-state index in [4.69, 9.17) is 17.2 Å². The second-order valence-corrected chi connectivity index (χ2v) is 18.0. The predicted octanol–water partition coefficient (Wildman–Crippen LogP) is -0.285. The largest absolute Gasteiger partial charge is 0.370 e. The van der Waals surface area contributed by atoms with Crippen molar-refractivity contribution in [2.24, 2.45) is 23.1 Å². The van der Waals surface area contributed by atoms with Crippen LogP contribution in [0.15, 0.2) is 54.9 Å². The fourth-order valence-electron chi connectivity index (χ4n) is 8.74. The van der Waals surface area contributed by atoms with Crippen molar-refractivity contribution in [1.29, 1.82) is 0 Å². The fourth-order valence-corrected chi connectivity index (χ4v) is 8.74. The highest BCUT2D eigenvalue weighted by Gasteiger charge is 2.45. The first-order valence-corrected chi connectivity index (χ1v) is 23.1. The first-order chi connectivity index (χ1) is 32.4. The highest BCUT2D eigenvalue weighted by Crippen LogP contribution is 2.30. The minimum Gasteiger partial charge on any atom is -0.370 e. The molecule has 2 saturated heterocycles. The molecule has 0 aliphatic carbocycles. The molecule has 0 bridgehead atoms. The van der Waals surface area contributed by atoms with Gasteiger partial charge in [0.05, 0.1) is 30.6 Å². The molecule has 21 heteroatoms. The molecule has 0 unspecified atom stereocenters. The molecular weight excluding hydrogens is 875 g/mol. The predicted molar refractivity (Wildman–Crippen MR) is 250 cm³/mol. The average molecular weight is 938 g/mol. The van der Waals surface area contributed by atoms with Gasteiger partial charge in [0.1, 0.15) is 30.2 Å². The number of nitrogens with zero attached hydrogens (tertiary/aromatic N) is 4. The van der Waals surface area contributed by atoms with Gasteiger partial charge in [-0.1, -0.05) is 67.4 Å². The molecule has 12 N–H and O–H groups in total. The number of rotatable bonds is 10. The Bertz CT molecular complexity index is 2520. The lowest BCUT2D eigenvalue weighted by atomic mass is 9.96. The molecule has 4 heterocycles. The average Bonchev–Trinajstić information content (AvgIpc) is 4.06. The van der Waals surface area contributed by atoms with Crippen molar-refractivity contribution in [2.45, 2.75) is 128 Å². The van der Waals surface area contributed by atoms with E-state index < -0.39 is 108 Å². The molecule has 21 nitrogen and oxygen atoms in total. The van der Waals surface area contributed by atoms with Gasteiger partial charge < -0.3 is 53.7 Å². The van der Waals surface area contributed by atoms with E-state index in [-0.39, 0.29) is 32.4 Å². The Balaban J connectivity index is 1.38. The van der Waals surface area contributed by atoms with Gasteiger partial charge >= 0.3 is 0 Å². The number of carbonyl (C=O) groups is 8. The molecular formula is C47H63N13O8. The number of aryl methyl sites for hydroxylation is 2. The number of primary amides is 2. The molecule has 364 valence electrons. The van der Waals surface area contributed by atoms with E-state index in [1.165, 1.54) is 4.90 Å². The Hall–Kier alpha value is -7.16. The van der Waals surface area contributed by atoms with Gasteiger partial charge in [-0.15, -0.1) is 5.10 Å². The van der Waals surface area contributed by atoms with E-state index in [1.807, 2.05) is 50.2 Å². The fraction of sp³-hybridized carbons (Fsp3) is 0.489. The number of amides is 8. The Morgan fingerprint density at radius 3 is 2.34 bits per heavy atom. The van der Waals surface area contributed by atoms with Crippen LogP contribution in [0.2, 0.25) is 0 Å². The summed E-state index contributed by atoms with van der Waals surface area (Å²) in [4.78, 5) is 114. The molecule has 68 heavy (non-hydrogen) atoms. The zero-order valence-corrected chi connectivity index (χ0v) is 38.9. The molecule has 4 aromatic rings. The number of hydrogen-bond donors (Lipinski definition) is 9. The summed E-state index contributed by atoms with van der Waals surface area (Å²) in [6.07, 6.45) is 4.01. The van der Waals surface area contributed by atoms with Gasteiger partial charge in [-0.2, -0.15) is 0 Å². The normalized spacial score (nSPS) is 24.5. The summed E-state index contributed by atoms with van der Waals surface area (Å²) in [7, 11) is 0. The standard InChI is InChI=1S/C47H63N13O8/c1-5-26(3)41-47(68)59-24-31(60-23-30(57-58-60)17-28-14-13-25(2)16-27(28)4)19-38(59)46(67)55-36(18-29-22-52-34-11-7-6-10-32(29)34)44(65)53-35(42(50)63)12-8-9-15-51-40(62)20-33(48)43(64)54-37(21-39(49)61)45(66)56-41/h6-7,10-11,13-14,16,22-23,26,31,33,35-38,41,52H,5,8-9,12,15,17-21,24,48H2,1-4H3,(H2,49,61)(H2,50,63)(H,51,62)(H,53,65)(H,54,64)(H,55,67)(H,56,66)/t26-,31-,33-,35-,36-,37-,38-,41-/m0/s1. The molecule has 2 aliphatic heterocycles. The van der Waals surface area contributed by atoms with Crippen LogP contribution in [0.25, 0.3) is 10.9 Å². The summed E-state index contributed by atoms with van der Waals surface area (Å²) in [6, 6.07) is 5.01. The van der Waals surface area contributed by atoms with Crippen molar-refractivity contribution in [3.8, 4) is 0 Å². The van der Waals surface area contributed by atoms with Gasteiger partial charge in [-0.25, -0.2) is 4.68 Å². The summed E-state index contributed by atoms with van der Waals surface area (Å²) >= 11 is 0. The molecule has 2 aromatic carbocycles. The minimum absolute atomic E-state index is 0.0191. The quantitative estimate of drug-likeness (QED) is 0.0996. The van der Waals surface area contributed by atoms with Gasteiger partial charge in [-0.05, 0) is 61.8 Å². The molecule has 0 saturated carbocycles. The van der Waals surface area contributed by atoms with Gasteiger partial charge in [0, 0.05) is 55.6 Å². The minimum atomic E-state index is -1.58. The third-order valence-corrected chi connectivity index (χ3v) is 12.9. The molecule has 8 amide bonds. The summed E-state index contributed by atoms with van der Waals surface area (Å²) < 4.78 is 1.60. The molecule has 8 atom stereocenters. The molecule has 0 radical (unpaired) electrons. The van der Waals surface area contributed by atoms with E-state index in [9.17, 15) is 33.6 Å². The van der Waals surface area contributed by atoms with Crippen molar-refractivity contribution >= 4 is 58.2 Å². The number of aromatic amines is 1. The van der Waals surface area contributed by atoms with Crippen molar-refractivity contribution in [3.63, 3.8) is 0 Å².